The van der Waals surface area contributed by atoms with E-state index < -0.39 is 176 Å². The number of imidazole rings is 1. The van der Waals surface area contributed by atoms with Crippen molar-refractivity contribution >= 4 is 11.0 Å². The molecule has 68 heavy (non-hydrogen) atoms. The van der Waals surface area contributed by atoms with Crippen molar-refractivity contribution in [3.63, 3.8) is 0 Å². The number of benzene rings is 6. The summed E-state index contributed by atoms with van der Waals surface area (Å²) in [6, 6.07) is 20.8. The molecule has 0 atom stereocenters. The van der Waals surface area contributed by atoms with Gasteiger partial charge >= 0.3 is 0 Å². The van der Waals surface area contributed by atoms with Crippen LogP contribution in [0, 0.1) is 6.07 Å². The Morgan fingerprint density at radius 3 is 1.97 bits per heavy atom. The van der Waals surface area contributed by atoms with Gasteiger partial charge in [0.2, 0.25) is 0 Å². The minimum atomic E-state index is -4.29. The molecule has 354 valence electrons. The second-order valence-electron chi connectivity index (χ2n) is 18.4. The first-order valence-corrected chi connectivity index (χ1v) is 21.4. The smallest absolute Gasteiger partial charge is 0.148 e. The summed E-state index contributed by atoms with van der Waals surface area (Å²) in [5.74, 6) is -2.14. The maximum absolute atomic E-state index is 13.2. The summed E-state index contributed by atoms with van der Waals surface area (Å²) in [6.45, 7) is -26.0. The first kappa shape index (κ1) is 22.9. The third-order valence-corrected chi connectivity index (χ3v) is 12.1. The Labute approximate surface area is 468 Å². The molecule has 0 unspecified atom stereocenters. The van der Waals surface area contributed by atoms with Gasteiger partial charge < -0.3 is 5.11 Å². The molecule has 0 saturated carbocycles. The van der Waals surface area contributed by atoms with E-state index in [4.69, 9.17) is 47.5 Å². The van der Waals surface area contributed by atoms with E-state index in [0.29, 0.717) is 35.2 Å². The summed E-state index contributed by atoms with van der Waals surface area (Å²) in [4.78, 5) is 9.40. The SMILES string of the molecule is [2H]c1cc(-c2c([2H])c([2H])nc(-c3[c-]c(-c4cccc5c4nc(-c4cc(C(C([2H])([2H])[2H])(C([2H])([2H])[2H])C([2H])([2H])[2H])cc(C(C([2H])([2H])[2H])(C([2H])([2H])[2H])C([2H])([2H])[2H])c4O)n5-c4ccc(C(C)(C)CC)cc4-c4ccccc4)cc(C(C)(C)C)c3)c2[2H])c([2H])c([2H])c1C(C([2H])([2H])[2H])(C([2H])([2H])[2H])C([2H])([2H])[2H].[Pt]. The van der Waals surface area contributed by atoms with Crippen LogP contribution in [0.5, 0.6) is 5.75 Å². The maximum atomic E-state index is 13.2. The van der Waals surface area contributed by atoms with Crippen LogP contribution in [0.25, 0.3) is 72.7 Å². The Kier molecular flexibility index (Phi) is 6.19. The van der Waals surface area contributed by atoms with Crippen molar-refractivity contribution in [2.75, 3.05) is 0 Å². The first-order chi connectivity index (χ1) is 45.1. The van der Waals surface area contributed by atoms with Crippen LogP contribution in [0.15, 0.2) is 133 Å². The standard InChI is InChI=1S/C63H70N3O.Pt/c1-16-63(14,15)46-29-30-54(50(37-46)41-21-18-17-19-22-41)66-55-24-20-23-49(56(55)65-58(66)51-38-48(61(8,9)10)39-52(57(51)67)62(11,12)13)43-33-44(35-47(34-43)60(5,6)7)53-36-42(31-32-64-53)40-25-27-45(28-26-40)59(2,3)4;/h17-32,34-39,67H,16H2,1-15H3;/q-1;/i2D3,3D3,4D3,8D3,9D3,10D3,11D3,12D3,13D3,25D,27D,28D,31D,32D,36D;. The van der Waals surface area contributed by atoms with Gasteiger partial charge in [0.1, 0.15) is 11.6 Å². The summed E-state index contributed by atoms with van der Waals surface area (Å²) in [6.07, 6.45) is -0.285. The van der Waals surface area contributed by atoms with Crippen molar-refractivity contribution in [3.8, 4) is 67.5 Å². The van der Waals surface area contributed by atoms with E-state index in [1.807, 2.05) is 26.8 Å². The molecule has 0 radical (unpaired) electrons. The number of nitrogens with zero attached hydrogens (tertiary/aromatic N) is 3. The molecule has 0 amide bonds. The molecule has 8 rings (SSSR count). The van der Waals surface area contributed by atoms with Crippen LogP contribution in [0.3, 0.4) is 0 Å². The molecule has 0 aliphatic carbocycles. The topological polar surface area (TPSA) is 50.9 Å². The Morgan fingerprint density at radius 1 is 0.603 bits per heavy atom. The monoisotopic (exact) mass is 1110 g/mol. The average molecular weight is 1110 g/mol. The van der Waals surface area contributed by atoms with E-state index in [-0.39, 0.29) is 60.5 Å². The van der Waals surface area contributed by atoms with Crippen LogP contribution < -0.4 is 0 Å². The maximum Gasteiger partial charge on any atom is 0.148 e. The van der Waals surface area contributed by atoms with E-state index in [2.05, 4.69) is 11.1 Å². The average Bonchev–Trinajstić information content (AvgIpc) is 1.67. The van der Waals surface area contributed by atoms with Crippen LogP contribution in [0.2, 0.25) is 0 Å². The van der Waals surface area contributed by atoms with Gasteiger partial charge in [-0.2, -0.15) is 0 Å². The zero-order valence-electron chi connectivity index (χ0n) is 71.0. The fourth-order valence-electron chi connectivity index (χ4n) is 7.79. The van der Waals surface area contributed by atoms with Crippen molar-refractivity contribution in [2.24, 2.45) is 0 Å². The Balaban J connectivity index is 0.0000143. The number of aromatic hydroxyl groups is 1. The van der Waals surface area contributed by atoms with E-state index in [1.54, 1.807) is 69.3 Å². The van der Waals surface area contributed by atoms with Crippen molar-refractivity contribution in [2.45, 2.75) is 137 Å². The van der Waals surface area contributed by atoms with Crippen molar-refractivity contribution in [1.82, 2.24) is 14.5 Å². The van der Waals surface area contributed by atoms with Gasteiger partial charge in [-0.1, -0.05) is 199 Å². The van der Waals surface area contributed by atoms with Gasteiger partial charge in [0.15, 0.2) is 0 Å². The summed E-state index contributed by atoms with van der Waals surface area (Å²) in [7, 11) is 0. The Bertz CT molecular complexity index is 4390. The summed E-state index contributed by atoms with van der Waals surface area (Å²) < 4.78 is 290. The molecule has 0 bridgehead atoms. The summed E-state index contributed by atoms with van der Waals surface area (Å²) >= 11 is 0. The molecule has 0 saturated heterocycles. The normalized spacial score (nSPS) is 21.4. The van der Waals surface area contributed by atoms with Gasteiger partial charge in [-0.15, -0.1) is 29.3 Å². The number of fused-ring (bicyclic) bond motifs is 1. The molecular formula is C63H70N3OPt-. The van der Waals surface area contributed by atoms with E-state index in [9.17, 15) is 7.85 Å². The predicted molar refractivity (Wildman–Crippen MR) is 285 cm³/mol. The fourth-order valence-corrected chi connectivity index (χ4v) is 7.79. The van der Waals surface area contributed by atoms with Crippen molar-refractivity contribution in [1.29, 1.82) is 0 Å². The number of aromatic nitrogens is 3. The van der Waals surface area contributed by atoms with E-state index in [0.717, 1.165) is 5.56 Å². The molecule has 0 fully saturated rings. The van der Waals surface area contributed by atoms with Gasteiger partial charge in [0.05, 0.1) is 30.5 Å². The zero-order chi connectivity index (χ0) is 76.2. The molecule has 1 N–H and O–H groups in total. The number of pyridine rings is 1. The van der Waals surface area contributed by atoms with Gasteiger partial charge in [0, 0.05) is 81.1 Å². The van der Waals surface area contributed by atoms with Gasteiger partial charge in [0.25, 0.3) is 0 Å². The number of hydrogen-bond acceptors (Lipinski definition) is 3. The quantitative estimate of drug-likeness (QED) is 0.154. The third kappa shape index (κ3) is 9.95. The summed E-state index contributed by atoms with van der Waals surface area (Å²) in [5.41, 5.74) is -18.8. The molecule has 6 aromatic carbocycles. The molecule has 2 aromatic heterocycles. The molecule has 8 aromatic rings. The molecule has 4 nitrogen and oxygen atoms in total. The number of hydrogen-bond donors (Lipinski definition) is 1. The second-order valence-corrected chi connectivity index (χ2v) is 18.4. The van der Waals surface area contributed by atoms with Crippen LogP contribution in [0.1, 0.15) is 183 Å². The van der Waals surface area contributed by atoms with E-state index in [1.165, 1.54) is 28.8 Å². The van der Waals surface area contributed by atoms with Gasteiger partial charge in [-0.25, -0.2) is 4.98 Å². The number of phenolic OH excluding ortho intramolecular Hbond substituents is 1. The largest absolute Gasteiger partial charge is 0.507 e. The number of rotatable bonds is 8. The van der Waals surface area contributed by atoms with Gasteiger partial charge in [-0.3, -0.25) is 9.55 Å². The van der Waals surface area contributed by atoms with Crippen molar-refractivity contribution in [3.05, 3.63) is 167 Å². The predicted octanol–water partition coefficient (Wildman–Crippen LogP) is 17.1. The Morgan fingerprint density at radius 2 is 1.28 bits per heavy atom. The molecule has 5 heteroatoms. The van der Waals surface area contributed by atoms with Gasteiger partial charge in [-0.05, 0) is 97.2 Å². The minimum absolute atomic E-state index is 0. The second kappa shape index (κ2) is 18.4. The number of phenols is 1. The summed E-state index contributed by atoms with van der Waals surface area (Å²) in [5, 5.41) is 13.2. The van der Waals surface area contributed by atoms with Crippen LogP contribution in [-0.4, -0.2) is 19.6 Å². The van der Waals surface area contributed by atoms with Crippen LogP contribution in [0.4, 0.5) is 0 Å². The molecule has 0 aliphatic heterocycles. The molecule has 0 aliphatic rings. The Hall–Kier alpha value is -5.57. The minimum Gasteiger partial charge on any atom is -0.507 e. The van der Waals surface area contributed by atoms with E-state index >= 15 is 0 Å². The van der Waals surface area contributed by atoms with Crippen LogP contribution in [-0.2, 0) is 48.1 Å². The zero-order valence-corrected chi connectivity index (χ0v) is 40.3. The third-order valence-electron chi connectivity index (χ3n) is 12.1. The van der Waals surface area contributed by atoms with Crippen molar-refractivity contribution < 1.29 is 71.4 Å². The fraction of sp³-hybridized carbons (Fsp3) is 0.333. The van der Waals surface area contributed by atoms with Crippen LogP contribution >= 0.6 is 0 Å². The number of para-hydroxylation sites is 1. The molecule has 2 heterocycles. The molecular weight excluding hydrogens is 1010 g/mol. The molecule has 0 spiro atoms. The first-order valence-electron chi connectivity index (χ1n) is 37.9.